The van der Waals surface area contributed by atoms with Crippen molar-refractivity contribution in [3.63, 3.8) is 0 Å². The van der Waals surface area contributed by atoms with E-state index in [1.165, 1.54) is 32.7 Å². The van der Waals surface area contributed by atoms with Crippen molar-refractivity contribution < 1.29 is 8.83 Å². The van der Waals surface area contributed by atoms with Crippen LogP contribution in [0.5, 0.6) is 0 Å². The van der Waals surface area contributed by atoms with Crippen molar-refractivity contribution in [1.29, 1.82) is 0 Å². The molecule has 4 heteroatoms. The topological polar surface area (TPSA) is 32.8 Å². The molecule has 0 aliphatic carbocycles. The van der Waals surface area contributed by atoms with Gasteiger partial charge in [0.1, 0.15) is 11.2 Å². The fourth-order valence-corrected chi connectivity index (χ4v) is 11.6. The third-order valence-electron chi connectivity index (χ3n) is 14.9. The molecule has 0 bridgehead atoms. The third-order valence-corrected chi connectivity index (χ3v) is 14.9. The van der Waals surface area contributed by atoms with Crippen LogP contribution in [0.1, 0.15) is 56.2 Å². The monoisotopic (exact) mass is 954 g/mol. The molecule has 4 nitrogen and oxygen atoms in total. The van der Waals surface area contributed by atoms with Crippen LogP contribution in [-0.4, -0.2) is 0 Å². The molecular formula is C70H54N2O2. The van der Waals surface area contributed by atoms with Gasteiger partial charge in [-0.3, -0.25) is 0 Å². The highest BCUT2D eigenvalue weighted by molar-refractivity contribution is 6.30. The predicted molar refractivity (Wildman–Crippen MR) is 315 cm³/mol. The highest BCUT2D eigenvalue weighted by atomic mass is 16.3. The Hall–Kier alpha value is -9.12. The van der Waals surface area contributed by atoms with Crippen molar-refractivity contribution in [3.8, 4) is 11.1 Å². The molecule has 0 saturated heterocycles. The Bertz CT molecular complexity index is 4340. The summed E-state index contributed by atoms with van der Waals surface area (Å²) in [6, 6.07) is 74.6. The summed E-state index contributed by atoms with van der Waals surface area (Å²) in [5.41, 5.74) is 15.5. The number of nitrogens with zero attached hydrogens (tertiary/aromatic N) is 2. The largest absolute Gasteiger partial charge is 0.454 e. The van der Waals surface area contributed by atoms with Crippen molar-refractivity contribution in [2.24, 2.45) is 0 Å². The predicted octanol–water partition coefficient (Wildman–Crippen LogP) is 20.7. The molecule has 11 aromatic carbocycles. The standard InChI is InChI=1S/C70H54N2O2/c1-6-7-10-32-59(47-25-13-9-14-26-47)71(61-34-21-30-53-49-28-16-19-36-65(49)73-69(53)61)63-42-57(44(2)3)51-39-41-56-64(43-58(45(4)5)52-38-40-55(63)67(51)68(52)56)72(60-33-18-15-27-48(60)46-23-11-8-12-24-46)62-35-22-31-54-50-29-17-20-37-66(50)74-70(54)62/h6-45H,1H2,2-5H3/b10-7-,59-32+. The first kappa shape index (κ1) is 44.8. The van der Waals surface area contributed by atoms with Crippen molar-refractivity contribution in [1.82, 2.24) is 0 Å². The molecule has 356 valence electrons. The molecule has 0 saturated carbocycles. The number of furan rings is 2. The number of rotatable bonds is 12. The van der Waals surface area contributed by atoms with Gasteiger partial charge in [-0.1, -0.05) is 216 Å². The zero-order valence-corrected chi connectivity index (χ0v) is 42.0. The van der Waals surface area contributed by atoms with E-state index in [-0.39, 0.29) is 11.8 Å². The van der Waals surface area contributed by atoms with Gasteiger partial charge in [-0.15, -0.1) is 0 Å². The molecule has 13 aromatic rings. The zero-order valence-electron chi connectivity index (χ0n) is 42.0. The van der Waals surface area contributed by atoms with Crippen LogP contribution in [0.2, 0.25) is 0 Å². The summed E-state index contributed by atoms with van der Waals surface area (Å²) >= 11 is 0. The van der Waals surface area contributed by atoms with E-state index in [9.17, 15) is 0 Å². The Balaban J connectivity index is 1.18. The lowest BCUT2D eigenvalue weighted by Gasteiger charge is -2.33. The van der Waals surface area contributed by atoms with Gasteiger partial charge in [-0.2, -0.15) is 0 Å². The average Bonchev–Trinajstić information content (AvgIpc) is 4.02. The Morgan fingerprint density at radius 1 is 0.419 bits per heavy atom. The van der Waals surface area contributed by atoms with E-state index < -0.39 is 0 Å². The maximum absolute atomic E-state index is 6.96. The number of hydrogen-bond donors (Lipinski definition) is 0. The van der Waals surface area contributed by atoms with Crippen LogP contribution in [0, 0.1) is 0 Å². The number of allylic oxidation sites excluding steroid dienone is 4. The Morgan fingerprint density at radius 3 is 1.53 bits per heavy atom. The molecule has 0 radical (unpaired) electrons. The van der Waals surface area contributed by atoms with Crippen LogP contribution in [0.15, 0.2) is 246 Å². The molecule has 0 atom stereocenters. The zero-order chi connectivity index (χ0) is 50.0. The summed E-state index contributed by atoms with van der Waals surface area (Å²) in [6.45, 7) is 13.3. The van der Waals surface area contributed by atoms with E-state index in [2.05, 4.69) is 256 Å². The van der Waals surface area contributed by atoms with Crippen LogP contribution in [0.25, 0.3) is 93.0 Å². The van der Waals surface area contributed by atoms with Crippen LogP contribution in [0.4, 0.5) is 28.4 Å². The smallest absolute Gasteiger partial charge is 0.159 e. The molecule has 74 heavy (non-hydrogen) atoms. The molecule has 0 spiro atoms. The second kappa shape index (κ2) is 18.2. The van der Waals surface area contributed by atoms with Crippen LogP contribution in [0.3, 0.4) is 0 Å². The molecule has 0 amide bonds. The lowest BCUT2D eigenvalue weighted by molar-refractivity contribution is 0.669. The lowest BCUT2D eigenvalue weighted by atomic mass is 9.83. The van der Waals surface area contributed by atoms with E-state index in [0.29, 0.717) is 0 Å². The second-order valence-electron chi connectivity index (χ2n) is 19.9. The van der Waals surface area contributed by atoms with Gasteiger partial charge < -0.3 is 18.6 Å². The van der Waals surface area contributed by atoms with Gasteiger partial charge in [-0.25, -0.2) is 0 Å². The second-order valence-corrected chi connectivity index (χ2v) is 19.9. The average molecular weight is 955 g/mol. The summed E-state index contributed by atoms with van der Waals surface area (Å²) in [5.74, 6) is 0.387. The summed E-state index contributed by atoms with van der Waals surface area (Å²) in [6.07, 6.45) is 8.12. The maximum atomic E-state index is 6.96. The van der Waals surface area contributed by atoms with Gasteiger partial charge in [0.15, 0.2) is 11.2 Å². The molecule has 13 rings (SSSR count). The van der Waals surface area contributed by atoms with Gasteiger partial charge in [0, 0.05) is 37.9 Å². The van der Waals surface area contributed by atoms with Crippen LogP contribution in [-0.2, 0) is 0 Å². The first-order chi connectivity index (χ1) is 36.4. The Kier molecular flexibility index (Phi) is 11.0. The van der Waals surface area contributed by atoms with Gasteiger partial charge in [-0.05, 0) is 104 Å². The molecule has 0 fully saturated rings. The van der Waals surface area contributed by atoms with Crippen molar-refractivity contribution in [2.75, 3.05) is 9.80 Å². The Morgan fingerprint density at radius 2 is 0.905 bits per heavy atom. The minimum Gasteiger partial charge on any atom is -0.454 e. The van der Waals surface area contributed by atoms with Crippen molar-refractivity contribution in [2.45, 2.75) is 39.5 Å². The number of para-hydroxylation sites is 5. The fourth-order valence-electron chi connectivity index (χ4n) is 11.6. The van der Waals surface area contributed by atoms with Gasteiger partial charge in [0.2, 0.25) is 0 Å². The highest BCUT2D eigenvalue weighted by Crippen LogP contribution is 2.54. The molecule has 2 aromatic heterocycles. The highest BCUT2D eigenvalue weighted by Gasteiger charge is 2.30. The minimum absolute atomic E-state index is 0.191. The summed E-state index contributed by atoms with van der Waals surface area (Å²) in [4.78, 5) is 4.92. The van der Waals surface area contributed by atoms with E-state index in [4.69, 9.17) is 8.83 Å². The molecule has 0 aliphatic rings. The summed E-state index contributed by atoms with van der Waals surface area (Å²) in [7, 11) is 0. The van der Waals surface area contributed by atoms with E-state index in [0.717, 1.165) is 105 Å². The van der Waals surface area contributed by atoms with Gasteiger partial charge in [0.25, 0.3) is 0 Å². The third kappa shape index (κ3) is 7.20. The first-order valence-electron chi connectivity index (χ1n) is 25.8. The van der Waals surface area contributed by atoms with Crippen LogP contribution < -0.4 is 9.80 Å². The normalized spacial score (nSPS) is 12.4. The molecule has 0 N–H and O–H groups in total. The van der Waals surface area contributed by atoms with Gasteiger partial charge >= 0.3 is 0 Å². The van der Waals surface area contributed by atoms with Crippen LogP contribution >= 0.6 is 0 Å². The van der Waals surface area contributed by atoms with E-state index in [1.807, 2.05) is 18.2 Å². The molecule has 0 unspecified atom stereocenters. The molecular weight excluding hydrogens is 901 g/mol. The van der Waals surface area contributed by atoms with Gasteiger partial charge in [0.05, 0.1) is 34.1 Å². The van der Waals surface area contributed by atoms with Crippen molar-refractivity contribution >= 4 is 110 Å². The quantitative estimate of drug-likeness (QED) is 0.0902. The number of benzene rings is 11. The SMILES string of the molecule is C=C/C=C\C=C(/c1ccccc1)N(c1cc(C(C)C)c2ccc3c(N(c4ccccc4-c4ccccc4)c4cccc5c4oc4ccccc45)cc(C(C)C)c4ccc1c2c43)c1cccc2c1oc1ccccc12. The minimum atomic E-state index is 0.191. The summed E-state index contributed by atoms with van der Waals surface area (Å²) in [5, 5.41) is 11.6. The van der Waals surface area contributed by atoms with Crippen molar-refractivity contribution in [3.05, 3.63) is 254 Å². The number of hydrogen-bond acceptors (Lipinski definition) is 4. The Labute approximate surface area is 431 Å². The summed E-state index contributed by atoms with van der Waals surface area (Å²) < 4.78 is 13.9. The first-order valence-corrected chi connectivity index (χ1v) is 25.8. The lowest BCUT2D eigenvalue weighted by Crippen LogP contribution is -2.17. The maximum Gasteiger partial charge on any atom is 0.159 e. The van der Waals surface area contributed by atoms with E-state index in [1.54, 1.807) is 0 Å². The fraction of sp³-hybridized carbons (Fsp3) is 0.0857. The molecule has 2 heterocycles. The van der Waals surface area contributed by atoms with E-state index >= 15 is 0 Å². The number of fused-ring (bicyclic) bond motifs is 6. The number of anilines is 5. The molecule has 0 aliphatic heterocycles.